The van der Waals surface area contributed by atoms with Crippen LogP contribution in [0.3, 0.4) is 0 Å². The molecule has 2 aromatic carbocycles. The van der Waals surface area contributed by atoms with E-state index < -0.39 is 17.5 Å². The fraction of sp³-hybridized carbons (Fsp3) is 0.292. The van der Waals surface area contributed by atoms with Crippen molar-refractivity contribution in [3.05, 3.63) is 65.0 Å². The van der Waals surface area contributed by atoms with E-state index in [9.17, 15) is 13.6 Å². The fourth-order valence-corrected chi connectivity index (χ4v) is 3.61. The summed E-state index contributed by atoms with van der Waals surface area (Å²) in [5.41, 5.74) is 8.15. The van der Waals surface area contributed by atoms with Crippen LogP contribution >= 0.6 is 12.4 Å². The average Bonchev–Trinajstić information content (AvgIpc) is 3.62. The van der Waals surface area contributed by atoms with Gasteiger partial charge in [0.1, 0.15) is 30.3 Å². The van der Waals surface area contributed by atoms with Crippen LogP contribution in [0.25, 0.3) is 11.3 Å². The minimum atomic E-state index is -0.665. The van der Waals surface area contributed by atoms with Crippen molar-refractivity contribution in [3.8, 4) is 17.0 Å². The molecule has 0 radical (unpaired) electrons. The zero-order chi connectivity index (χ0) is 23.5. The highest BCUT2D eigenvalue weighted by Gasteiger charge is 2.25. The van der Waals surface area contributed by atoms with Crippen molar-refractivity contribution in [3.63, 3.8) is 0 Å². The molecule has 1 aliphatic carbocycles. The monoisotopic (exact) mass is 489 g/mol. The summed E-state index contributed by atoms with van der Waals surface area (Å²) in [5, 5.41) is 5.58. The van der Waals surface area contributed by atoms with Gasteiger partial charge in [0.25, 0.3) is 5.91 Å². The third-order valence-electron chi connectivity index (χ3n) is 5.59. The molecule has 7 nitrogen and oxygen atoms in total. The highest BCUT2D eigenvalue weighted by molar-refractivity contribution is 6.05. The zero-order valence-electron chi connectivity index (χ0n) is 18.8. The molecular weight excluding hydrogens is 464 g/mol. The maximum Gasteiger partial charge on any atom is 0.258 e. The van der Waals surface area contributed by atoms with Gasteiger partial charge in [0.05, 0.1) is 5.56 Å². The Bertz CT molecular complexity index is 1200. The molecule has 0 bridgehead atoms. The Balaban J connectivity index is 0.00000324. The van der Waals surface area contributed by atoms with Crippen LogP contribution in [0.1, 0.15) is 40.2 Å². The standard InChI is InChI=1S/C24H25F2N5O2.ClH/c1-13-18(21-22(33-8-7-28-2)23(27)30-12-29-21)10-16(25)11-20(13)31-24(32)17-6-5-15(9-19(17)26)14-3-4-14;/h5-6,9-12,14,28H,3-4,7-8H2,1-2H3,(H,31,32)(H2,27,29,30);1H. The number of aromatic nitrogens is 2. The summed E-state index contributed by atoms with van der Waals surface area (Å²) in [4.78, 5) is 21.0. The predicted octanol–water partition coefficient (Wildman–Crippen LogP) is 4.46. The number of rotatable bonds is 8. The molecule has 0 aliphatic heterocycles. The quantitative estimate of drug-likeness (QED) is 0.404. The van der Waals surface area contributed by atoms with Crippen LogP contribution < -0.4 is 21.1 Å². The van der Waals surface area contributed by atoms with Crippen molar-refractivity contribution >= 4 is 29.8 Å². The van der Waals surface area contributed by atoms with Crippen LogP contribution in [0.2, 0.25) is 0 Å². The van der Waals surface area contributed by atoms with E-state index in [0.29, 0.717) is 35.9 Å². The first kappa shape index (κ1) is 25.3. The van der Waals surface area contributed by atoms with Crippen LogP contribution in [0.15, 0.2) is 36.7 Å². The Hall–Kier alpha value is -3.30. The summed E-state index contributed by atoms with van der Waals surface area (Å²) in [6.07, 6.45) is 3.32. The Labute approximate surface area is 202 Å². The third-order valence-corrected chi connectivity index (χ3v) is 5.59. The molecule has 4 N–H and O–H groups in total. The number of carbonyl (C=O) groups is 1. The number of benzene rings is 2. The normalized spacial score (nSPS) is 12.7. The highest BCUT2D eigenvalue weighted by atomic mass is 35.5. The smallest absolute Gasteiger partial charge is 0.258 e. The number of nitrogens with one attached hydrogen (secondary N) is 2. The maximum absolute atomic E-state index is 14.6. The lowest BCUT2D eigenvalue weighted by Gasteiger charge is -2.16. The topological polar surface area (TPSA) is 102 Å². The first-order valence-electron chi connectivity index (χ1n) is 10.7. The van der Waals surface area contributed by atoms with E-state index in [-0.39, 0.29) is 35.2 Å². The van der Waals surface area contributed by atoms with Crippen molar-refractivity contribution in [2.24, 2.45) is 0 Å². The van der Waals surface area contributed by atoms with Crippen molar-refractivity contribution in [2.45, 2.75) is 25.7 Å². The van der Waals surface area contributed by atoms with Gasteiger partial charge in [-0.1, -0.05) is 6.07 Å². The van der Waals surface area contributed by atoms with E-state index >= 15 is 0 Å². The zero-order valence-corrected chi connectivity index (χ0v) is 19.6. The molecule has 3 aromatic rings. The number of carbonyl (C=O) groups excluding carboxylic acids is 1. The second-order valence-electron chi connectivity index (χ2n) is 7.98. The summed E-state index contributed by atoms with van der Waals surface area (Å²) in [6, 6.07) is 7.08. The number of nitrogen functional groups attached to an aromatic ring is 1. The van der Waals surface area contributed by atoms with E-state index in [1.807, 2.05) is 0 Å². The van der Waals surface area contributed by atoms with Crippen molar-refractivity contribution in [1.82, 2.24) is 15.3 Å². The predicted molar refractivity (Wildman–Crippen MR) is 130 cm³/mol. The number of nitrogens with zero attached hydrogens (tertiary/aromatic N) is 2. The molecule has 4 rings (SSSR count). The summed E-state index contributed by atoms with van der Waals surface area (Å²) < 4.78 is 34.9. The van der Waals surface area contributed by atoms with Gasteiger partial charge in [-0.25, -0.2) is 18.7 Å². The molecule has 0 unspecified atom stereocenters. The average molecular weight is 490 g/mol. The highest BCUT2D eigenvalue weighted by Crippen LogP contribution is 2.40. The Morgan fingerprint density at radius 1 is 1.21 bits per heavy atom. The van der Waals surface area contributed by atoms with Crippen molar-refractivity contribution in [1.29, 1.82) is 0 Å². The number of halogens is 3. The maximum atomic E-state index is 14.6. The summed E-state index contributed by atoms with van der Waals surface area (Å²) >= 11 is 0. The van der Waals surface area contributed by atoms with Crippen molar-refractivity contribution < 1.29 is 18.3 Å². The minimum absolute atomic E-state index is 0. The number of nitrogens with two attached hydrogens (primary N) is 1. The van der Waals surface area contributed by atoms with Gasteiger partial charge < -0.3 is 21.1 Å². The van der Waals surface area contributed by atoms with Crippen LogP contribution in [0, 0.1) is 18.6 Å². The lowest BCUT2D eigenvalue weighted by molar-refractivity contribution is 0.102. The second-order valence-corrected chi connectivity index (χ2v) is 7.98. The van der Waals surface area contributed by atoms with Crippen LogP contribution in [0.5, 0.6) is 5.75 Å². The van der Waals surface area contributed by atoms with Gasteiger partial charge in [0.15, 0.2) is 11.6 Å². The minimum Gasteiger partial charge on any atom is -0.486 e. The van der Waals surface area contributed by atoms with Gasteiger partial charge in [0, 0.05) is 17.8 Å². The Morgan fingerprint density at radius 3 is 2.65 bits per heavy atom. The van der Waals surface area contributed by atoms with Crippen LogP contribution in [0.4, 0.5) is 20.3 Å². The molecule has 1 fully saturated rings. The summed E-state index contributed by atoms with van der Waals surface area (Å²) in [7, 11) is 1.78. The number of ether oxygens (including phenoxy) is 1. The Morgan fingerprint density at radius 2 is 1.97 bits per heavy atom. The van der Waals surface area contributed by atoms with E-state index in [1.165, 1.54) is 30.6 Å². The largest absolute Gasteiger partial charge is 0.486 e. The van der Waals surface area contributed by atoms with Gasteiger partial charge in [-0.05, 0) is 68.1 Å². The van der Waals surface area contributed by atoms with Gasteiger partial charge >= 0.3 is 0 Å². The molecular formula is C24H26ClF2N5O2. The molecule has 0 saturated heterocycles. The lowest BCUT2D eigenvalue weighted by atomic mass is 10.0. The van der Waals surface area contributed by atoms with Gasteiger partial charge in [-0.3, -0.25) is 4.79 Å². The molecule has 1 saturated carbocycles. The SMILES string of the molecule is CNCCOc1c(N)ncnc1-c1cc(F)cc(NC(=O)c2ccc(C3CC3)cc2F)c1C.Cl. The van der Waals surface area contributed by atoms with Crippen molar-refractivity contribution in [2.75, 3.05) is 31.2 Å². The first-order valence-corrected chi connectivity index (χ1v) is 10.7. The summed E-state index contributed by atoms with van der Waals surface area (Å²) in [5.74, 6) is -1.16. The molecule has 1 aromatic heterocycles. The lowest BCUT2D eigenvalue weighted by Crippen LogP contribution is -2.17. The number of amides is 1. The van der Waals surface area contributed by atoms with Crippen LogP contribution in [-0.4, -0.2) is 36.1 Å². The molecule has 0 spiro atoms. The molecule has 1 amide bonds. The number of hydrogen-bond donors (Lipinski definition) is 3. The number of hydrogen-bond acceptors (Lipinski definition) is 6. The third kappa shape index (κ3) is 5.43. The Kier molecular flexibility index (Phi) is 8.01. The molecule has 34 heavy (non-hydrogen) atoms. The van der Waals surface area contributed by atoms with Crippen LogP contribution in [-0.2, 0) is 0 Å². The van der Waals surface area contributed by atoms with E-state index in [1.54, 1.807) is 20.0 Å². The molecule has 0 atom stereocenters. The summed E-state index contributed by atoms with van der Waals surface area (Å²) in [6.45, 7) is 2.56. The number of anilines is 2. The van der Waals surface area contributed by atoms with Gasteiger partial charge in [0.2, 0.25) is 0 Å². The molecule has 1 aliphatic rings. The van der Waals surface area contributed by atoms with Gasteiger partial charge in [-0.2, -0.15) is 0 Å². The second kappa shape index (κ2) is 10.8. The first-order chi connectivity index (χ1) is 15.9. The molecule has 10 heteroatoms. The van der Waals surface area contributed by atoms with E-state index in [0.717, 1.165) is 18.4 Å². The molecule has 180 valence electrons. The van der Waals surface area contributed by atoms with E-state index in [2.05, 4.69) is 20.6 Å². The van der Waals surface area contributed by atoms with E-state index in [4.69, 9.17) is 10.5 Å². The fourth-order valence-electron chi connectivity index (χ4n) is 3.61. The number of likely N-dealkylation sites (N-methyl/N-ethyl adjacent to an activating group) is 1. The van der Waals surface area contributed by atoms with Gasteiger partial charge in [-0.15, -0.1) is 12.4 Å². The molecule has 1 heterocycles.